The Bertz CT molecular complexity index is 805. The van der Waals surface area contributed by atoms with Crippen LogP contribution >= 0.6 is 11.6 Å². The summed E-state index contributed by atoms with van der Waals surface area (Å²) in [5.74, 6) is -0.225. The molecule has 0 saturated heterocycles. The lowest BCUT2D eigenvalue weighted by Crippen LogP contribution is -2.30. The standard InChI is InChI=1S/C17H19ClN2O3S/c1-13-6-8-14(9-7-13)12-19-17(21)10-11-20-24(22,23)16-5-3-2-4-15(16)18/h2-9,20H,10-12H2,1H3,(H,19,21). The van der Waals surface area contributed by atoms with Gasteiger partial charge >= 0.3 is 0 Å². The van der Waals surface area contributed by atoms with Crippen LogP contribution in [0.4, 0.5) is 0 Å². The van der Waals surface area contributed by atoms with E-state index in [1.807, 2.05) is 31.2 Å². The van der Waals surface area contributed by atoms with Gasteiger partial charge < -0.3 is 5.32 Å². The summed E-state index contributed by atoms with van der Waals surface area (Å²) >= 11 is 5.88. The quantitative estimate of drug-likeness (QED) is 0.791. The van der Waals surface area contributed by atoms with Crippen molar-refractivity contribution in [1.82, 2.24) is 10.0 Å². The van der Waals surface area contributed by atoms with Crippen molar-refractivity contribution >= 4 is 27.5 Å². The lowest BCUT2D eigenvalue weighted by Gasteiger charge is -2.09. The number of rotatable bonds is 7. The average Bonchev–Trinajstić information content (AvgIpc) is 2.54. The predicted octanol–water partition coefficient (Wildman–Crippen LogP) is 2.63. The highest BCUT2D eigenvalue weighted by Crippen LogP contribution is 2.19. The molecule has 128 valence electrons. The molecule has 2 aromatic rings. The van der Waals surface area contributed by atoms with Gasteiger partial charge in [0.1, 0.15) is 4.90 Å². The van der Waals surface area contributed by atoms with Crippen molar-refractivity contribution in [2.75, 3.05) is 6.54 Å². The molecule has 0 aliphatic carbocycles. The van der Waals surface area contributed by atoms with Crippen molar-refractivity contribution in [3.63, 3.8) is 0 Å². The first-order valence-electron chi connectivity index (χ1n) is 7.45. The SMILES string of the molecule is Cc1ccc(CNC(=O)CCNS(=O)(=O)c2ccccc2Cl)cc1. The third-order valence-corrected chi connectivity index (χ3v) is 5.34. The molecule has 24 heavy (non-hydrogen) atoms. The van der Waals surface area contributed by atoms with Crippen LogP contribution in [0.3, 0.4) is 0 Å². The second kappa shape index (κ2) is 8.28. The first kappa shape index (κ1) is 18.4. The van der Waals surface area contributed by atoms with Gasteiger partial charge in [0.05, 0.1) is 5.02 Å². The lowest BCUT2D eigenvalue weighted by atomic mass is 10.1. The molecule has 0 aromatic heterocycles. The summed E-state index contributed by atoms with van der Waals surface area (Å²) in [6.07, 6.45) is 0.0511. The van der Waals surface area contributed by atoms with Gasteiger partial charge in [-0.3, -0.25) is 4.79 Å². The summed E-state index contributed by atoms with van der Waals surface area (Å²) in [7, 11) is -3.72. The zero-order valence-corrected chi connectivity index (χ0v) is 14.8. The molecule has 0 fully saturated rings. The molecule has 2 rings (SSSR count). The van der Waals surface area contributed by atoms with Gasteiger partial charge in [-0.05, 0) is 24.6 Å². The number of nitrogens with one attached hydrogen (secondary N) is 2. The Balaban J connectivity index is 1.80. The van der Waals surface area contributed by atoms with E-state index in [-0.39, 0.29) is 28.8 Å². The van der Waals surface area contributed by atoms with E-state index in [1.165, 1.54) is 12.1 Å². The highest BCUT2D eigenvalue weighted by molar-refractivity contribution is 7.89. The zero-order valence-electron chi connectivity index (χ0n) is 13.3. The van der Waals surface area contributed by atoms with Gasteiger partial charge in [0.25, 0.3) is 0 Å². The largest absolute Gasteiger partial charge is 0.352 e. The first-order chi connectivity index (χ1) is 11.4. The number of carbonyl (C=O) groups excluding carboxylic acids is 1. The van der Waals surface area contributed by atoms with Crippen molar-refractivity contribution in [1.29, 1.82) is 0 Å². The molecule has 0 atom stereocenters. The normalized spacial score (nSPS) is 11.2. The number of sulfonamides is 1. The van der Waals surface area contributed by atoms with Crippen molar-refractivity contribution < 1.29 is 13.2 Å². The summed E-state index contributed by atoms with van der Waals surface area (Å²) in [6, 6.07) is 14.0. The number of benzene rings is 2. The molecular formula is C17H19ClN2O3S. The van der Waals surface area contributed by atoms with Gasteiger partial charge in [0.2, 0.25) is 15.9 Å². The molecule has 0 aliphatic heterocycles. The Morgan fingerprint density at radius 2 is 1.75 bits per heavy atom. The zero-order chi connectivity index (χ0) is 17.6. The molecule has 5 nitrogen and oxygen atoms in total. The Kier molecular flexibility index (Phi) is 6.36. The summed E-state index contributed by atoms with van der Waals surface area (Å²) in [5, 5.41) is 2.90. The van der Waals surface area contributed by atoms with E-state index >= 15 is 0 Å². The Labute approximate surface area is 147 Å². The van der Waals surface area contributed by atoms with Crippen molar-refractivity contribution in [2.24, 2.45) is 0 Å². The van der Waals surface area contributed by atoms with Crippen molar-refractivity contribution in [2.45, 2.75) is 24.8 Å². The van der Waals surface area contributed by atoms with Crippen LogP contribution in [0.1, 0.15) is 17.5 Å². The number of halogens is 1. The molecule has 0 heterocycles. The van der Waals surface area contributed by atoms with Gasteiger partial charge in [-0.15, -0.1) is 0 Å². The molecule has 7 heteroatoms. The van der Waals surface area contributed by atoms with Gasteiger partial charge in [-0.25, -0.2) is 13.1 Å². The highest BCUT2D eigenvalue weighted by atomic mass is 35.5. The van der Waals surface area contributed by atoms with Gasteiger partial charge in [-0.1, -0.05) is 53.6 Å². The van der Waals surface area contributed by atoms with Gasteiger partial charge in [0, 0.05) is 19.5 Å². The van der Waals surface area contributed by atoms with Crippen LogP contribution in [0.25, 0.3) is 0 Å². The predicted molar refractivity (Wildman–Crippen MR) is 94.3 cm³/mol. The molecule has 0 saturated carbocycles. The highest BCUT2D eigenvalue weighted by Gasteiger charge is 2.17. The first-order valence-corrected chi connectivity index (χ1v) is 9.31. The topological polar surface area (TPSA) is 75.3 Å². The van der Waals surface area contributed by atoms with Crippen molar-refractivity contribution in [3.05, 3.63) is 64.7 Å². The molecule has 0 radical (unpaired) electrons. The maximum Gasteiger partial charge on any atom is 0.242 e. The van der Waals surface area contributed by atoms with E-state index in [0.717, 1.165) is 11.1 Å². The molecule has 2 N–H and O–H groups in total. The number of aryl methyl sites for hydroxylation is 1. The Hall–Kier alpha value is -1.89. The van der Waals surface area contributed by atoms with Crippen LogP contribution < -0.4 is 10.0 Å². The van der Waals surface area contributed by atoms with E-state index in [2.05, 4.69) is 10.0 Å². The van der Waals surface area contributed by atoms with E-state index in [9.17, 15) is 13.2 Å². The summed E-state index contributed by atoms with van der Waals surface area (Å²) < 4.78 is 26.6. The molecule has 0 bridgehead atoms. The fourth-order valence-electron chi connectivity index (χ4n) is 2.03. The van der Waals surface area contributed by atoms with Gasteiger partial charge in [-0.2, -0.15) is 0 Å². The van der Waals surface area contributed by atoms with Gasteiger partial charge in [0.15, 0.2) is 0 Å². The maximum absolute atomic E-state index is 12.1. The fourth-order valence-corrected chi connectivity index (χ4v) is 3.58. The van der Waals surface area contributed by atoms with Crippen LogP contribution in [0, 0.1) is 6.92 Å². The summed E-state index contributed by atoms with van der Waals surface area (Å²) in [6.45, 7) is 2.41. The fraction of sp³-hybridized carbons (Fsp3) is 0.235. The number of hydrogen-bond donors (Lipinski definition) is 2. The number of amides is 1. The molecule has 1 amide bonds. The van der Waals surface area contributed by atoms with Crippen LogP contribution in [-0.4, -0.2) is 20.9 Å². The van der Waals surface area contributed by atoms with Crippen LogP contribution in [0.2, 0.25) is 5.02 Å². The van der Waals surface area contributed by atoms with E-state index in [4.69, 9.17) is 11.6 Å². The molecule has 0 aliphatic rings. The van der Waals surface area contributed by atoms with Crippen LogP contribution in [-0.2, 0) is 21.4 Å². The second-order valence-corrected chi connectivity index (χ2v) is 7.48. The molecular weight excluding hydrogens is 348 g/mol. The smallest absolute Gasteiger partial charge is 0.242 e. The minimum absolute atomic E-state index is 0.00623. The van der Waals surface area contributed by atoms with Crippen LogP contribution in [0.15, 0.2) is 53.4 Å². The minimum atomic E-state index is -3.72. The van der Waals surface area contributed by atoms with E-state index in [0.29, 0.717) is 6.54 Å². The lowest BCUT2D eigenvalue weighted by molar-refractivity contribution is -0.121. The van der Waals surface area contributed by atoms with E-state index < -0.39 is 10.0 Å². The third-order valence-electron chi connectivity index (χ3n) is 3.38. The number of carbonyl (C=O) groups is 1. The molecule has 0 unspecified atom stereocenters. The molecule has 0 spiro atoms. The van der Waals surface area contributed by atoms with Crippen molar-refractivity contribution in [3.8, 4) is 0 Å². The van der Waals surface area contributed by atoms with E-state index in [1.54, 1.807) is 12.1 Å². The monoisotopic (exact) mass is 366 g/mol. The Morgan fingerprint density at radius 1 is 1.08 bits per heavy atom. The maximum atomic E-state index is 12.1. The second-order valence-electron chi connectivity index (χ2n) is 5.34. The average molecular weight is 367 g/mol. The summed E-state index contributed by atoms with van der Waals surface area (Å²) in [4.78, 5) is 11.8. The van der Waals surface area contributed by atoms with Crippen LogP contribution in [0.5, 0.6) is 0 Å². The third kappa shape index (κ3) is 5.33. The minimum Gasteiger partial charge on any atom is -0.352 e. The molecule has 2 aromatic carbocycles. The Morgan fingerprint density at radius 3 is 2.42 bits per heavy atom. The summed E-state index contributed by atoms with van der Waals surface area (Å²) in [5.41, 5.74) is 2.14. The number of hydrogen-bond acceptors (Lipinski definition) is 3.